The van der Waals surface area contributed by atoms with Crippen molar-refractivity contribution in [3.63, 3.8) is 0 Å². The van der Waals surface area contributed by atoms with E-state index >= 15 is 0 Å². The van der Waals surface area contributed by atoms with Crippen LogP contribution in [0.1, 0.15) is 5.56 Å². The summed E-state index contributed by atoms with van der Waals surface area (Å²) >= 11 is 0. The van der Waals surface area contributed by atoms with E-state index in [2.05, 4.69) is 37.3 Å². The molecule has 0 aromatic heterocycles. The van der Waals surface area contributed by atoms with Gasteiger partial charge in [0.1, 0.15) is 14.3 Å². The van der Waals surface area contributed by atoms with Gasteiger partial charge in [0.15, 0.2) is 0 Å². The maximum atomic E-state index is 8.97. The molecular formula is C11H16N2Si. The van der Waals surface area contributed by atoms with Gasteiger partial charge in [-0.05, 0) is 19.2 Å². The van der Waals surface area contributed by atoms with Crippen LogP contribution < -0.4 is 4.57 Å². The maximum Gasteiger partial charge on any atom is 0.147 e. The van der Waals surface area contributed by atoms with E-state index in [-0.39, 0.29) is 0 Å². The zero-order valence-electron chi connectivity index (χ0n) is 9.20. The second-order valence-corrected chi connectivity index (χ2v) is 9.37. The average molecular weight is 204 g/mol. The van der Waals surface area contributed by atoms with Crippen LogP contribution in [-0.2, 0) is 0 Å². The molecule has 1 aromatic rings. The van der Waals surface area contributed by atoms with Crippen molar-refractivity contribution in [2.75, 3.05) is 11.6 Å². The largest absolute Gasteiger partial charge is 0.400 e. The number of rotatable bonds is 2. The second-order valence-electron chi connectivity index (χ2n) is 4.36. The van der Waals surface area contributed by atoms with E-state index in [0.29, 0.717) is 0 Å². The first-order chi connectivity index (χ1) is 6.46. The van der Waals surface area contributed by atoms with E-state index in [1.54, 1.807) is 0 Å². The fourth-order valence-electron chi connectivity index (χ4n) is 1.22. The molecule has 0 saturated heterocycles. The summed E-state index contributed by atoms with van der Waals surface area (Å²) in [6.45, 7) is 6.80. The van der Waals surface area contributed by atoms with Crippen LogP contribution in [0.5, 0.6) is 0 Å². The Morgan fingerprint density at radius 1 is 1.21 bits per heavy atom. The number of benzene rings is 1. The van der Waals surface area contributed by atoms with Gasteiger partial charge < -0.3 is 4.57 Å². The standard InChI is InChI=1S/C11H16N2Si/c1-13(14(2,3)4)11-8-6-5-7-10(11)9-12/h5-8H,1-4H3. The van der Waals surface area contributed by atoms with Gasteiger partial charge in [-0.15, -0.1) is 0 Å². The van der Waals surface area contributed by atoms with Crippen molar-refractivity contribution in [1.29, 1.82) is 5.26 Å². The first-order valence-corrected chi connectivity index (χ1v) is 8.14. The zero-order valence-corrected chi connectivity index (χ0v) is 10.2. The fourth-order valence-corrected chi connectivity index (χ4v) is 2.14. The van der Waals surface area contributed by atoms with E-state index < -0.39 is 8.24 Å². The van der Waals surface area contributed by atoms with Crippen molar-refractivity contribution in [3.8, 4) is 6.07 Å². The van der Waals surface area contributed by atoms with Gasteiger partial charge in [-0.3, -0.25) is 0 Å². The van der Waals surface area contributed by atoms with E-state index in [0.717, 1.165) is 11.3 Å². The first-order valence-electron chi connectivity index (χ1n) is 4.70. The van der Waals surface area contributed by atoms with Crippen molar-refractivity contribution in [2.24, 2.45) is 0 Å². The number of nitrogens with zero attached hydrogens (tertiary/aromatic N) is 2. The Balaban J connectivity index is 3.14. The molecule has 1 rings (SSSR count). The lowest BCUT2D eigenvalue weighted by Crippen LogP contribution is -2.43. The quantitative estimate of drug-likeness (QED) is 0.693. The highest BCUT2D eigenvalue weighted by Gasteiger charge is 2.21. The molecule has 2 nitrogen and oxygen atoms in total. The molecule has 0 spiro atoms. The topological polar surface area (TPSA) is 27.0 Å². The van der Waals surface area contributed by atoms with E-state index in [9.17, 15) is 0 Å². The zero-order chi connectivity index (χ0) is 10.8. The summed E-state index contributed by atoms with van der Waals surface area (Å²) in [4.78, 5) is 0. The SMILES string of the molecule is CN(c1ccccc1C#N)[Si](C)(C)C. The van der Waals surface area contributed by atoms with Crippen LogP contribution >= 0.6 is 0 Å². The summed E-state index contributed by atoms with van der Waals surface area (Å²) in [5.41, 5.74) is 1.81. The molecule has 0 N–H and O–H groups in total. The molecule has 0 fully saturated rings. The Kier molecular flexibility index (Phi) is 2.97. The molecule has 0 unspecified atom stereocenters. The Hall–Kier alpha value is -1.27. The average Bonchev–Trinajstić information content (AvgIpc) is 2.15. The monoisotopic (exact) mass is 204 g/mol. The van der Waals surface area contributed by atoms with Gasteiger partial charge in [-0.2, -0.15) is 5.26 Å². The molecule has 0 saturated carbocycles. The van der Waals surface area contributed by atoms with Crippen molar-refractivity contribution in [1.82, 2.24) is 0 Å². The Morgan fingerprint density at radius 3 is 2.29 bits per heavy atom. The van der Waals surface area contributed by atoms with Crippen LogP contribution in [0.15, 0.2) is 24.3 Å². The molecule has 0 radical (unpaired) electrons. The minimum absolute atomic E-state index is 0.762. The van der Waals surface area contributed by atoms with Gasteiger partial charge in [0.25, 0.3) is 0 Å². The molecule has 3 heteroatoms. The van der Waals surface area contributed by atoms with Gasteiger partial charge in [0.2, 0.25) is 0 Å². The molecule has 0 atom stereocenters. The van der Waals surface area contributed by atoms with E-state index in [4.69, 9.17) is 5.26 Å². The molecule has 14 heavy (non-hydrogen) atoms. The molecule has 74 valence electrons. The summed E-state index contributed by atoms with van der Waals surface area (Å²) in [6.07, 6.45) is 0. The third kappa shape index (κ3) is 2.15. The van der Waals surface area contributed by atoms with Crippen molar-refractivity contribution >= 4 is 13.9 Å². The summed E-state index contributed by atoms with van der Waals surface area (Å²) in [5.74, 6) is 0. The second kappa shape index (κ2) is 3.85. The Labute approximate surface area is 86.9 Å². The normalized spacial score (nSPS) is 10.8. The number of anilines is 1. The first kappa shape index (κ1) is 10.8. The lowest BCUT2D eigenvalue weighted by atomic mass is 10.2. The van der Waals surface area contributed by atoms with Crippen LogP contribution in [0.25, 0.3) is 0 Å². The fraction of sp³-hybridized carbons (Fsp3) is 0.364. The number of para-hydroxylation sites is 1. The molecule has 1 aromatic carbocycles. The summed E-state index contributed by atoms with van der Waals surface area (Å²) in [7, 11) is 0.705. The van der Waals surface area contributed by atoms with Gasteiger partial charge in [0, 0.05) is 5.69 Å². The Bertz CT molecular complexity index is 360. The minimum Gasteiger partial charge on any atom is -0.400 e. The smallest absolute Gasteiger partial charge is 0.147 e. The Morgan fingerprint density at radius 2 is 1.79 bits per heavy atom. The molecular weight excluding hydrogens is 188 g/mol. The van der Waals surface area contributed by atoms with E-state index in [1.807, 2.05) is 24.3 Å². The molecule has 0 amide bonds. The molecule has 0 aliphatic carbocycles. The predicted octanol–water partition coefficient (Wildman–Crippen LogP) is 2.83. The third-order valence-electron chi connectivity index (χ3n) is 2.39. The minimum atomic E-state index is -1.37. The lowest BCUT2D eigenvalue weighted by Gasteiger charge is -2.32. The van der Waals surface area contributed by atoms with Crippen molar-refractivity contribution in [2.45, 2.75) is 19.6 Å². The summed E-state index contributed by atoms with van der Waals surface area (Å²) in [5, 5.41) is 8.97. The number of hydrogen-bond acceptors (Lipinski definition) is 2. The number of nitriles is 1. The highest BCUT2D eigenvalue weighted by Crippen LogP contribution is 2.23. The molecule has 0 heterocycles. The van der Waals surface area contributed by atoms with E-state index in [1.165, 1.54) is 0 Å². The highest BCUT2D eigenvalue weighted by molar-refractivity contribution is 6.79. The van der Waals surface area contributed by atoms with Crippen LogP contribution in [0.2, 0.25) is 19.6 Å². The molecule has 0 aliphatic rings. The van der Waals surface area contributed by atoms with Crippen LogP contribution in [0.4, 0.5) is 5.69 Å². The number of hydrogen-bond donors (Lipinski definition) is 0. The van der Waals surface area contributed by atoms with Crippen molar-refractivity contribution < 1.29 is 0 Å². The summed E-state index contributed by atoms with van der Waals surface area (Å²) in [6, 6.07) is 9.99. The highest BCUT2D eigenvalue weighted by atomic mass is 28.3. The lowest BCUT2D eigenvalue weighted by molar-refractivity contribution is 1.24. The maximum absolute atomic E-state index is 8.97. The molecule has 0 aliphatic heterocycles. The van der Waals surface area contributed by atoms with Crippen LogP contribution in [0.3, 0.4) is 0 Å². The third-order valence-corrected chi connectivity index (χ3v) is 4.65. The van der Waals surface area contributed by atoms with Crippen molar-refractivity contribution in [3.05, 3.63) is 29.8 Å². The summed E-state index contributed by atoms with van der Waals surface area (Å²) < 4.78 is 2.26. The van der Waals surface area contributed by atoms with Gasteiger partial charge in [0.05, 0.1) is 5.56 Å². The van der Waals surface area contributed by atoms with Crippen LogP contribution in [0, 0.1) is 11.3 Å². The predicted molar refractivity (Wildman–Crippen MR) is 62.9 cm³/mol. The van der Waals surface area contributed by atoms with Gasteiger partial charge in [-0.1, -0.05) is 31.8 Å². The van der Waals surface area contributed by atoms with Gasteiger partial charge >= 0.3 is 0 Å². The van der Waals surface area contributed by atoms with Gasteiger partial charge in [-0.25, -0.2) is 0 Å². The van der Waals surface area contributed by atoms with Crippen LogP contribution in [-0.4, -0.2) is 15.3 Å². The molecule has 0 bridgehead atoms.